The molecule has 62 valence electrons. The zero-order valence-corrected chi connectivity index (χ0v) is 6.41. The zero-order valence-electron chi connectivity index (χ0n) is 6.41. The number of ether oxygens (including phenoxy) is 2. The van der Waals surface area contributed by atoms with E-state index in [-0.39, 0.29) is 18.8 Å². The van der Waals surface area contributed by atoms with Gasteiger partial charge in [-0.25, -0.2) is 0 Å². The summed E-state index contributed by atoms with van der Waals surface area (Å²) in [7, 11) is 3.07. The molecule has 2 unspecified atom stereocenters. The maximum absolute atomic E-state index is 8.66. The zero-order chi connectivity index (χ0) is 7.98. The molecule has 0 aromatic carbocycles. The molecule has 2 atom stereocenters. The van der Waals surface area contributed by atoms with Crippen molar-refractivity contribution in [1.82, 2.24) is 0 Å². The molecule has 4 heteroatoms. The third-order valence-corrected chi connectivity index (χ3v) is 1.32. The van der Waals surface area contributed by atoms with Gasteiger partial charge < -0.3 is 20.3 Å². The van der Waals surface area contributed by atoms with E-state index in [9.17, 15) is 0 Å². The van der Waals surface area contributed by atoms with Gasteiger partial charge in [-0.15, -0.1) is 0 Å². The van der Waals surface area contributed by atoms with E-state index in [2.05, 4.69) is 0 Å². The fraction of sp³-hybridized carbons (Fsp3) is 1.00. The van der Waals surface area contributed by atoms with Crippen LogP contribution in [0.25, 0.3) is 0 Å². The van der Waals surface area contributed by atoms with Crippen LogP contribution >= 0.6 is 0 Å². The van der Waals surface area contributed by atoms with Crippen LogP contribution in [0, 0.1) is 0 Å². The summed E-state index contributed by atoms with van der Waals surface area (Å²) in [6.45, 7) is 0.333. The molecule has 3 N–H and O–H groups in total. The SMILES string of the molecule is COCC(N)C(CO)OC. The number of aliphatic hydroxyl groups is 1. The fourth-order valence-electron chi connectivity index (χ4n) is 0.684. The van der Waals surface area contributed by atoms with Crippen LogP contribution in [0.5, 0.6) is 0 Å². The number of aliphatic hydroxyl groups excluding tert-OH is 1. The molecule has 0 aromatic heterocycles. The molecule has 0 rings (SSSR count). The van der Waals surface area contributed by atoms with Gasteiger partial charge in [-0.3, -0.25) is 0 Å². The molecular weight excluding hydrogens is 134 g/mol. The van der Waals surface area contributed by atoms with Crippen molar-refractivity contribution in [2.24, 2.45) is 5.73 Å². The van der Waals surface area contributed by atoms with E-state index in [1.54, 1.807) is 7.11 Å². The van der Waals surface area contributed by atoms with Crippen LogP contribution in [0.3, 0.4) is 0 Å². The van der Waals surface area contributed by atoms with Crippen LogP contribution in [0.4, 0.5) is 0 Å². The Morgan fingerprint density at radius 1 is 1.50 bits per heavy atom. The minimum Gasteiger partial charge on any atom is -0.394 e. The number of rotatable bonds is 5. The summed E-state index contributed by atoms with van der Waals surface area (Å²) in [5.41, 5.74) is 5.54. The highest BCUT2D eigenvalue weighted by Gasteiger charge is 2.14. The van der Waals surface area contributed by atoms with Gasteiger partial charge in [-0.05, 0) is 0 Å². The van der Waals surface area contributed by atoms with Crippen molar-refractivity contribution in [3.8, 4) is 0 Å². The molecule has 0 aromatic rings. The van der Waals surface area contributed by atoms with Gasteiger partial charge in [-0.2, -0.15) is 0 Å². The van der Waals surface area contributed by atoms with E-state index >= 15 is 0 Å². The molecule has 4 nitrogen and oxygen atoms in total. The van der Waals surface area contributed by atoms with E-state index in [1.165, 1.54) is 7.11 Å². The highest BCUT2D eigenvalue weighted by Crippen LogP contribution is 1.94. The molecular formula is C6H15NO3. The second-order valence-corrected chi connectivity index (χ2v) is 2.08. The molecule has 0 bridgehead atoms. The summed E-state index contributed by atoms with van der Waals surface area (Å²) < 4.78 is 9.63. The maximum atomic E-state index is 8.66. The van der Waals surface area contributed by atoms with Crippen LogP contribution in [-0.4, -0.2) is 44.7 Å². The summed E-state index contributed by atoms with van der Waals surface area (Å²) in [6.07, 6.45) is -0.319. The minimum absolute atomic E-state index is 0.0684. The molecule has 0 amide bonds. The van der Waals surface area contributed by atoms with Gasteiger partial charge in [-0.1, -0.05) is 0 Å². The summed E-state index contributed by atoms with van der Waals surface area (Å²) in [5, 5.41) is 8.66. The number of nitrogens with two attached hydrogens (primary N) is 1. The lowest BCUT2D eigenvalue weighted by Crippen LogP contribution is -2.41. The summed E-state index contributed by atoms with van der Waals surface area (Å²) >= 11 is 0. The maximum Gasteiger partial charge on any atom is 0.0974 e. The first-order valence-electron chi connectivity index (χ1n) is 3.14. The van der Waals surface area contributed by atoms with E-state index in [4.69, 9.17) is 20.3 Å². The van der Waals surface area contributed by atoms with Gasteiger partial charge in [0.25, 0.3) is 0 Å². The molecule has 0 aliphatic carbocycles. The average molecular weight is 149 g/mol. The van der Waals surface area contributed by atoms with Crippen molar-refractivity contribution >= 4 is 0 Å². The second kappa shape index (κ2) is 5.61. The molecule has 0 radical (unpaired) electrons. The highest BCUT2D eigenvalue weighted by molar-refractivity contribution is 4.71. The smallest absolute Gasteiger partial charge is 0.0974 e. The molecule has 0 saturated heterocycles. The Hall–Kier alpha value is -0.160. The van der Waals surface area contributed by atoms with Gasteiger partial charge in [0.15, 0.2) is 0 Å². The Labute approximate surface area is 60.9 Å². The van der Waals surface area contributed by atoms with Crippen molar-refractivity contribution in [2.75, 3.05) is 27.4 Å². The van der Waals surface area contributed by atoms with E-state index in [1.807, 2.05) is 0 Å². The average Bonchev–Trinajstić information content (AvgIpc) is 1.91. The highest BCUT2D eigenvalue weighted by atomic mass is 16.5. The first kappa shape index (κ1) is 9.84. The van der Waals surface area contributed by atoms with Crippen LogP contribution in [0.2, 0.25) is 0 Å². The molecule has 0 aliphatic heterocycles. The van der Waals surface area contributed by atoms with Gasteiger partial charge in [0.2, 0.25) is 0 Å². The lowest BCUT2D eigenvalue weighted by atomic mass is 10.2. The third kappa shape index (κ3) is 3.12. The summed E-state index contributed by atoms with van der Waals surface area (Å²) in [6, 6.07) is -0.250. The number of hydrogen-bond acceptors (Lipinski definition) is 4. The molecule has 0 heterocycles. The van der Waals surface area contributed by atoms with Crippen molar-refractivity contribution < 1.29 is 14.6 Å². The lowest BCUT2D eigenvalue weighted by Gasteiger charge is -2.18. The number of hydrogen-bond donors (Lipinski definition) is 2. The summed E-state index contributed by atoms with van der Waals surface area (Å²) in [4.78, 5) is 0. The standard InChI is InChI=1S/C6H15NO3/c1-9-4-5(7)6(3-8)10-2/h5-6,8H,3-4,7H2,1-2H3. The fourth-order valence-corrected chi connectivity index (χ4v) is 0.684. The largest absolute Gasteiger partial charge is 0.394 e. The molecule has 0 saturated carbocycles. The Morgan fingerprint density at radius 2 is 2.10 bits per heavy atom. The quantitative estimate of drug-likeness (QED) is 0.524. The third-order valence-electron chi connectivity index (χ3n) is 1.32. The van der Waals surface area contributed by atoms with Gasteiger partial charge in [0.1, 0.15) is 0 Å². The van der Waals surface area contributed by atoms with Gasteiger partial charge in [0, 0.05) is 14.2 Å². The van der Waals surface area contributed by atoms with Crippen LogP contribution < -0.4 is 5.73 Å². The topological polar surface area (TPSA) is 64.7 Å². The first-order chi connectivity index (χ1) is 4.76. The van der Waals surface area contributed by atoms with E-state index in [0.717, 1.165) is 0 Å². The van der Waals surface area contributed by atoms with Crippen LogP contribution in [0.15, 0.2) is 0 Å². The van der Waals surface area contributed by atoms with Crippen molar-refractivity contribution in [2.45, 2.75) is 12.1 Å². The normalized spacial score (nSPS) is 16.8. The molecule has 0 fully saturated rings. The minimum atomic E-state index is -0.319. The van der Waals surface area contributed by atoms with Crippen LogP contribution in [-0.2, 0) is 9.47 Å². The number of methoxy groups -OCH3 is 2. The Bertz CT molecular complexity index is 75.4. The Balaban J connectivity index is 3.53. The predicted octanol–water partition coefficient (Wildman–Crippen LogP) is -1.03. The summed E-state index contributed by atoms with van der Waals surface area (Å²) in [5.74, 6) is 0. The lowest BCUT2D eigenvalue weighted by molar-refractivity contribution is 0.0105. The predicted molar refractivity (Wildman–Crippen MR) is 37.7 cm³/mol. The first-order valence-corrected chi connectivity index (χ1v) is 3.14. The Kier molecular flexibility index (Phi) is 5.52. The molecule has 0 aliphatic rings. The van der Waals surface area contributed by atoms with Gasteiger partial charge >= 0.3 is 0 Å². The van der Waals surface area contributed by atoms with Crippen molar-refractivity contribution in [3.63, 3.8) is 0 Å². The van der Waals surface area contributed by atoms with Gasteiger partial charge in [0.05, 0.1) is 25.4 Å². The monoisotopic (exact) mass is 149 g/mol. The van der Waals surface area contributed by atoms with Crippen LogP contribution in [0.1, 0.15) is 0 Å². The molecule has 10 heavy (non-hydrogen) atoms. The Morgan fingerprint density at radius 3 is 2.40 bits per heavy atom. The second-order valence-electron chi connectivity index (χ2n) is 2.08. The van der Waals surface area contributed by atoms with E-state index < -0.39 is 0 Å². The van der Waals surface area contributed by atoms with Crippen molar-refractivity contribution in [1.29, 1.82) is 0 Å². The van der Waals surface area contributed by atoms with E-state index in [0.29, 0.717) is 6.61 Å². The van der Waals surface area contributed by atoms with Crippen molar-refractivity contribution in [3.05, 3.63) is 0 Å². The molecule has 0 spiro atoms.